The second kappa shape index (κ2) is 6.83. The van der Waals surface area contributed by atoms with Crippen LogP contribution >= 0.6 is 0 Å². The Morgan fingerprint density at radius 3 is 2.89 bits per heavy atom. The van der Waals surface area contributed by atoms with E-state index in [-0.39, 0.29) is 23.3 Å². The molecule has 2 aliphatic rings. The molecule has 1 saturated heterocycles. The van der Waals surface area contributed by atoms with Crippen LogP contribution in [0.1, 0.15) is 70.8 Å². The van der Waals surface area contributed by atoms with Gasteiger partial charge in [0.2, 0.25) is 0 Å². The minimum Gasteiger partial charge on any atom is -0.468 e. The fourth-order valence-corrected chi connectivity index (χ4v) is 4.24. The van der Waals surface area contributed by atoms with E-state index in [0.717, 1.165) is 25.1 Å². The number of nitrogens with zero attached hydrogens (tertiary/aromatic N) is 4. The van der Waals surface area contributed by atoms with E-state index in [1.807, 2.05) is 6.92 Å². The number of fused-ring (bicyclic) bond motifs is 1. The Morgan fingerprint density at radius 2 is 2.11 bits per heavy atom. The van der Waals surface area contributed by atoms with Gasteiger partial charge in [-0.2, -0.15) is 5.10 Å². The number of hydrogen-bond acceptors (Lipinski definition) is 5. The van der Waals surface area contributed by atoms with Crippen molar-refractivity contribution in [2.24, 2.45) is 7.05 Å². The molecule has 8 nitrogen and oxygen atoms in total. The average Bonchev–Trinajstić information content (AvgIpc) is 3.24. The third-order valence-corrected chi connectivity index (χ3v) is 5.61. The van der Waals surface area contributed by atoms with Crippen molar-refractivity contribution in [1.82, 2.24) is 19.2 Å². The first-order valence-electron chi connectivity index (χ1n) is 9.57. The summed E-state index contributed by atoms with van der Waals surface area (Å²) in [6.07, 6.45) is 5.08. The van der Waals surface area contributed by atoms with Gasteiger partial charge in [-0.1, -0.05) is 0 Å². The maximum atomic E-state index is 13.1. The molecule has 3 heterocycles. The van der Waals surface area contributed by atoms with Gasteiger partial charge < -0.3 is 9.32 Å². The molecule has 1 fully saturated rings. The number of likely N-dealkylation sites (tertiary alicyclic amines) is 1. The van der Waals surface area contributed by atoms with Gasteiger partial charge in [0.25, 0.3) is 5.91 Å². The third kappa shape index (κ3) is 2.93. The van der Waals surface area contributed by atoms with Crippen LogP contribution in [-0.2, 0) is 20.0 Å². The molecule has 0 N–H and O–H groups in total. The smallest absolute Gasteiger partial charge is 0.345 e. The number of aromatic nitrogens is 3. The van der Waals surface area contributed by atoms with Gasteiger partial charge in [0.15, 0.2) is 5.78 Å². The quantitative estimate of drug-likeness (QED) is 0.818. The molecule has 4 rings (SSSR count). The van der Waals surface area contributed by atoms with Crippen LogP contribution in [0.5, 0.6) is 0 Å². The summed E-state index contributed by atoms with van der Waals surface area (Å²) in [5.74, 6) is 1.20. The van der Waals surface area contributed by atoms with Crippen molar-refractivity contribution in [1.29, 1.82) is 0 Å². The predicted octanol–water partition coefficient (Wildman–Crippen LogP) is 1.73. The lowest BCUT2D eigenvalue weighted by atomic mass is 9.92. The van der Waals surface area contributed by atoms with Crippen molar-refractivity contribution in [3.63, 3.8) is 0 Å². The number of aryl methyl sites for hydroxylation is 2. The van der Waals surface area contributed by atoms with Crippen LogP contribution in [0.25, 0.3) is 0 Å². The highest BCUT2D eigenvalue weighted by atomic mass is 16.3. The van der Waals surface area contributed by atoms with E-state index in [9.17, 15) is 14.4 Å². The van der Waals surface area contributed by atoms with Gasteiger partial charge >= 0.3 is 5.69 Å². The van der Waals surface area contributed by atoms with E-state index < -0.39 is 0 Å². The highest BCUT2D eigenvalue weighted by Gasteiger charge is 2.33. The number of carbonyl (C=O) groups excluding carboxylic acids is 2. The van der Waals surface area contributed by atoms with E-state index >= 15 is 0 Å². The van der Waals surface area contributed by atoms with Crippen LogP contribution in [0.4, 0.5) is 0 Å². The van der Waals surface area contributed by atoms with Crippen LogP contribution in [0.15, 0.2) is 15.5 Å². The fraction of sp³-hybridized carbons (Fsp3) is 0.579. The molecule has 144 valence electrons. The molecule has 0 unspecified atom stereocenters. The lowest BCUT2D eigenvalue weighted by Gasteiger charge is -2.32. The van der Waals surface area contributed by atoms with Gasteiger partial charge in [0.1, 0.15) is 17.8 Å². The molecular weight excluding hydrogens is 348 g/mol. The van der Waals surface area contributed by atoms with Crippen LogP contribution in [0.2, 0.25) is 0 Å². The Kier molecular flexibility index (Phi) is 4.49. The molecule has 27 heavy (non-hydrogen) atoms. The molecule has 1 amide bonds. The van der Waals surface area contributed by atoms with Crippen LogP contribution in [0, 0.1) is 0 Å². The van der Waals surface area contributed by atoms with Gasteiger partial charge in [-0.25, -0.2) is 9.48 Å². The second-order valence-electron chi connectivity index (χ2n) is 7.32. The van der Waals surface area contributed by atoms with Crippen molar-refractivity contribution in [2.45, 2.75) is 51.5 Å². The zero-order valence-electron chi connectivity index (χ0n) is 15.7. The Bertz CT molecular complexity index is 952. The van der Waals surface area contributed by atoms with Gasteiger partial charge in [0.05, 0.1) is 11.1 Å². The number of ketones is 1. The minimum atomic E-state index is -0.165. The van der Waals surface area contributed by atoms with Crippen molar-refractivity contribution >= 4 is 11.7 Å². The third-order valence-electron chi connectivity index (χ3n) is 5.61. The number of Topliss-reactive ketones (excluding diaryl/α,β-unsaturated/α-hetero) is 1. The van der Waals surface area contributed by atoms with E-state index in [1.165, 1.54) is 10.9 Å². The number of carbonyl (C=O) groups is 2. The van der Waals surface area contributed by atoms with E-state index in [2.05, 4.69) is 5.10 Å². The van der Waals surface area contributed by atoms with Crippen molar-refractivity contribution in [3.8, 4) is 0 Å². The lowest BCUT2D eigenvalue weighted by Crippen LogP contribution is -2.40. The summed E-state index contributed by atoms with van der Waals surface area (Å²) in [7, 11) is 1.65. The molecule has 1 aliphatic carbocycles. The first-order chi connectivity index (χ1) is 13.0. The number of furan rings is 1. The molecule has 0 radical (unpaired) electrons. The minimum absolute atomic E-state index is 0.00791. The molecule has 0 bridgehead atoms. The SMILES string of the molecule is CCn1c([C@H]2CCCN(C(=O)c3coc4c3C(=O)CCC4)C2)nn(C)c1=O. The Labute approximate surface area is 156 Å². The van der Waals surface area contributed by atoms with Crippen molar-refractivity contribution in [3.05, 3.63) is 39.5 Å². The number of piperidine rings is 1. The first-order valence-corrected chi connectivity index (χ1v) is 9.57. The van der Waals surface area contributed by atoms with Gasteiger partial charge in [-0.3, -0.25) is 14.2 Å². The lowest BCUT2D eigenvalue weighted by molar-refractivity contribution is 0.0698. The first kappa shape index (κ1) is 17.8. The van der Waals surface area contributed by atoms with Gasteiger partial charge in [-0.05, 0) is 26.2 Å². The number of rotatable bonds is 3. The molecule has 1 aliphatic heterocycles. The fourth-order valence-electron chi connectivity index (χ4n) is 4.24. The Morgan fingerprint density at radius 1 is 1.30 bits per heavy atom. The summed E-state index contributed by atoms with van der Waals surface area (Å²) < 4.78 is 8.53. The summed E-state index contributed by atoms with van der Waals surface area (Å²) in [4.78, 5) is 39.3. The zero-order valence-corrected chi connectivity index (χ0v) is 15.7. The Hall–Kier alpha value is -2.64. The highest BCUT2D eigenvalue weighted by Crippen LogP contribution is 2.30. The maximum absolute atomic E-state index is 13.1. The largest absolute Gasteiger partial charge is 0.468 e. The maximum Gasteiger partial charge on any atom is 0.345 e. The highest BCUT2D eigenvalue weighted by molar-refractivity contribution is 6.09. The van der Waals surface area contributed by atoms with Crippen molar-refractivity contribution in [2.75, 3.05) is 13.1 Å². The molecule has 0 saturated carbocycles. The van der Waals surface area contributed by atoms with Crippen LogP contribution in [0.3, 0.4) is 0 Å². The summed E-state index contributed by atoms with van der Waals surface area (Å²) >= 11 is 0. The number of hydrogen-bond donors (Lipinski definition) is 0. The van der Waals surface area contributed by atoms with E-state index in [0.29, 0.717) is 49.4 Å². The van der Waals surface area contributed by atoms with Crippen molar-refractivity contribution < 1.29 is 14.0 Å². The summed E-state index contributed by atoms with van der Waals surface area (Å²) in [6.45, 7) is 3.59. The molecule has 2 aromatic heterocycles. The molecule has 2 aromatic rings. The Balaban J connectivity index is 1.60. The summed E-state index contributed by atoms with van der Waals surface area (Å²) in [5.41, 5.74) is 0.714. The van der Waals surface area contributed by atoms with Gasteiger partial charge in [0, 0.05) is 45.4 Å². The molecule has 0 spiro atoms. The monoisotopic (exact) mass is 372 g/mol. The predicted molar refractivity (Wildman–Crippen MR) is 97.0 cm³/mol. The van der Waals surface area contributed by atoms with Crippen LogP contribution in [-0.4, -0.2) is 44.0 Å². The van der Waals surface area contributed by atoms with E-state index in [1.54, 1.807) is 16.5 Å². The second-order valence-corrected chi connectivity index (χ2v) is 7.32. The molecule has 1 atom stereocenters. The summed E-state index contributed by atoms with van der Waals surface area (Å²) in [6, 6.07) is 0. The molecule has 8 heteroatoms. The number of amides is 1. The summed E-state index contributed by atoms with van der Waals surface area (Å²) in [5, 5.41) is 4.40. The normalized spacial score (nSPS) is 20.0. The zero-order chi connectivity index (χ0) is 19.1. The van der Waals surface area contributed by atoms with Gasteiger partial charge in [-0.15, -0.1) is 0 Å². The topological polar surface area (TPSA) is 90.3 Å². The average molecular weight is 372 g/mol. The van der Waals surface area contributed by atoms with E-state index in [4.69, 9.17) is 4.42 Å². The molecular formula is C19H24N4O4. The molecule has 0 aromatic carbocycles. The standard InChI is InChI=1S/C19H24N4O4/c1-3-23-17(20-21(2)19(23)26)12-6-5-9-22(10-12)18(25)13-11-27-15-8-4-7-14(24)16(13)15/h11-12H,3-10H2,1-2H3/t12-/m0/s1. The van der Waals surface area contributed by atoms with Crippen LogP contribution < -0.4 is 5.69 Å².